The highest BCUT2D eigenvalue weighted by molar-refractivity contribution is 14.1. The van der Waals surface area contributed by atoms with Gasteiger partial charge in [0.05, 0.1) is 5.56 Å². The second-order valence-electron chi connectivity index (χ2n) is 4.80. The zero-order valence-electron chi connectivity index (χ0n) is 11.1. The second kappa shape index (κ2) is 7.56. The van der Waals surface area contributed by atoms with Crippen LogP contribution in [-0.2, 0) is 0 Å². The Morgan fingerprint density at radius 1 is 1.30 bits per heavy atom. The van der Waals surface area contributed by atoms with Crippen molar-refractivity contribution >= 4 is 40.1 Å². The normalized spacial score (nSPS) is 17.1. The van der Waals surface area contributed by atoms with Gasteiger partial charge in [-0.25, -0.2) is 4.39 Å². The summed E-state index contributed by atoms with van der Waals surface area (Å²) in [4.78, 5) is 16.6. The van der Waals surface area contributed by atoms with Crippen LogP contribution >= 0.6 is 34.2 Å². The average Bonchev–Trinajstić information content (AvgIpc) is 2.64. The molecule has 6 heteroatoms. The molecule has 0 spiro atoms. The molecule has 1 aromatic carbocycles. The summed E-state index contributed by atoms with van der Waals surface area (Å²) < 4.78 is 13.8. The van der Waals surface area contributed by atoms with E-state index in [2.05, 4.69) is 4.90 Å². The van der Waals surface area contributed by atoms with Crippen LogP contribution in [-0.4, -0.2) is 54.3 Å². The third-order valence-corrected chi connectivity index (χ3v) is 4.50. The Morgan fingerprint density at radius 2 is 2.10 bits per heavy atom. The second-order valence-corrected chi connectivity index (χ2v) is 6.34. The van der Waals surface area contributed by atoms with E-state index in [0.717, 1.165) is 32.6 Å². The van der Waals surface area contributed by atoms with Gasteiger partial charge < -0.3 is 9.80 Å². The highest BCUT2D eigenvalue weighted by Crippen LogP contribution is 2.17. The zero-order valence-corrected chi connectivity index (χ0v) is 14.0. The predicted molar refractivity (Wildman–Crippen MR) is 86.8 cm³/mol. The van der Waals surface area contributed by atoms with Crippen LogP contribution in [0.25, 0.3) is 0 Å². The molecule has 1 amide bonds. The van der Waals surface area contributed by atoms with Crippen molar-refractivity contribution in [1.29, 1.82) is 0 Å². The Bertz CT molecular complexity index is 486. The van der Waals surface area contributed by atoms with E-state index in [4.69, 9.17) is 11.6 Å². The predicted octanol–water partition coefficient (Wildman–Crippen LogP) is 2.82. The van der Waals surface area contributed by atoms with Gasteiger partial charge in [0.15, 0.2) is 0 Å². The lowest BCUT2D eigenvalue weighted by molar-refractivity contribution is 0.0760. The van der Waals surface area contributed by atoms with Crippen LogP contribution in [0.1, 0.15) is 16.8 Å². The Morgan fingerprint density at radius 3 is 2.80 bits per heavy atom. The van der Waals surface area contributed by atoms with Crippen LogP contribution < -0.4 is 0 Å². The first-order chi connectivity index (χ1) is 9.61. The van der Waals surface area contributed by atoms with Gasteiger partial charge in [-0.3, -0.25) is 4.79 Å². The Balaban J connectivity index is 2.05. The zero-order chi connectivity index (χ0) is 14.5. The SMILES string of the molecule is O=C(c1ccc(F)cc1I)N1CCCN(CCCl)CC1. The van der Waals surface area contributed by atoms with Crippen LogP contribution in [0.2, 0.25) is 0 Å². The van der Waals surface area contributed by atoms with Gasteiger partial charge in [-0.2, -0.15) is 0 Å². The van der Waals surface area contributed by atoms with Crippen molar-refractivity contribution in [3.05, 3.63) is 33.1 Å². The fraction of sp³-hybridized carbons (Fsp3) is 0.500. The van der Waals surface area contributed by atoms with Crippen LogP contribution in [0.4, 0.5) is 4.39 Å². The highest BCUT2D eigenvalue weighted by Gasteiger charge is 2.21. The maximum absolute atomic E-state index is 13.1. The standard InChI is InChI=1S/C14H17ClFIN2O/c15-4-7-18-5-1-6-19(9-8-18)14(20)12-3-2-11(16)10-13(12)17/h2-3,10H,1,4-9H2. The van der Waals surface area contributed by atoms with Gasteiger partial charge in [0, 0.05) is 35.6 Å². The molecule has 1 fully saturated rings. The van der Waals surface area contributed by atoms with Gasteiger partial charge in [-0.05, 0) is 53.8 Å². The third-order valence-electron chi connectivity index (χ3n) is 3.44. The topological polar surface area (TPSA) is 23.6 Å². The summed E-state index contributed by atoms with van der Waals surface area (Å²) in [6, 6.07) is 4.30. The van der Waals surface area contributed by atoms with Crippen LogP contribution in [0.15, 0.2) is 18.2 Å². The molecule has 2 rings (SSSR count). The van der Waals surface area contributed by atoms with E-state index in [1.165, 1.54) is 12.1 Å². The van der Waals surface area contributed by atoms with Gasteiger partial charge in [-0.15, -0.1) is 11.6 Å². The molecule has 0 N–H and O–H groups in total. The molecule has 0 radical (unpaired) electrons. The number of carbonyl (C=O) groups excluding carboxylic acids is 1. The summed E-state index contributed by atoms with van der Waals surface area (Å²) in [6.45, 7) is 4.11. The Hall–Kier alpha value is -0.400. The number of amides is 1. The number of alkyl halides is 1. The minimum Gasteiger partial charge on any atom is -0.337 e. The van der Waals surface area contributed by atoms with E-state index in [9.17, 15) is 9.18 Å². The minimum atomic E-state index is -0.310. The minimum absolute atomic E-state index is 0.0119. The molecule has 110 valence electrons. The van der Waals surface area contributed by atoms with Crippen molar-refractivity contribution < 1.29 is 9.18 Å². The molecule has 1 aliphatic heterocycles. The third kappa shape index (κ3) is 4.05. The van der Waals surface area contributed by atoms with Gasteiger partial charge in [0.2, 0.25) is 0 Å². The van der Waals surface area contributed by atoms with Crippen LogP contribution in [0, 0.1) is 9.39 Å². The molecule has 1 saturated heterocycles. The lowest BCUT2D eigenvalue weighted by Gasteiger charge is -2.22. The molecule has 0 aliphatic carbocycles. The van der Waals surface area contributed by atoms with Gasteiger partial charge >= 0.3 is 0 Å². The van der Waals surface area contributed by atoms with Crippen molar-refractivity contribution in [2.45, 2.75) is 6.42 Å². The molecule has 3 nitrogen and oxygen atoms in total. The maximum atomic E-state index is 13.1. The molecule has 1 heterocycles. The van der Waals surface area contributed by atoms with E-state index in [1.54, 1.807) is 6.07 Å². The van der Waals surface area contributed by atoms with E-state index < -0.39 is 0 Å². The summed E-state index contributed by atoms with van der Waals surface area (Å²) >= 11 is 7.77. The Labute approximate surface area is 137 Å². The molecule has 1 aromatic rings. The fourth-order valence-electron chi connectivity index (χ4n) is 2.35. The quantitative estimate of drug-likeness (QED) is 0.565. The number of benzene rings is 1. The molecule has 0 saturated carbocycles. The first-order valence-corrected chi connectivity index (χ1v) is 8.26. The summed E-state index contributed by atoms with van der Waals surface area (Å²) in [5.41, 5.74) is 0.581. The summed E-state index contributed by atoms with van der Waals surface area (Å²) in [5.74, 6) is 0.293. The molecular weight excluding hydrogens is 394 g/mol. The Kier molecular flexibility index (Phi) is 6.04. The highest BCUT2D eigenvalue weighted by atomic mass is 127. The van der Waals surface area contributed by atoms with Gasteiger partial charge in [-0.1, -0.05) is 0 Å². The summed E-state index contributed by atoms with van der Waals surface area (Å²) in [5, 5.41) is 0. The summed E-state index contributed by atoms with van der Waals surface area (Å²) in [6.07, 6.45) is 0.945. The fourth-order valence-corrected chi connectivity index (χ4v) is 3.30. The first-order valence-electron chi connectivity index (χ1n) is 6.64. The monoisotopic (exact) mass is 410 g/mol. The van der Waals surface area contributed by atoms with Crippen molar-refractivity contribution in [2.75, 3.05) is 38.6 Å². The lowest BCUT2D eigenvalue weighted by atomic mass is 10.2. The molecule has 1 aliphatic rings. The number of hydrogen-bond acceptors (Lipinski definition) is 2. The van der Waals surface area contributed by atoms with Gasteiger partial charge in [0.1, 0.15) is 5.82 Å². The van der Waals surface area contributed by atoms with E-state index in [0.29, 0.717) is 21.6 Å². The molecular formula is C14H17ClFIN2O. The van der Waals surface area contributed by atoms with Crippen molar-refractivity contribution in [1.82, 2.24) is 9.80 Å². The van der Waals surface area contributed by atoms with E-state index in [1.807, 2.05) is 27.5 Å². The van der Waals surface area contributed by atoms with Gasteiger partial charge in [0.25, 0.3) is 5.91 Å². The van der Waals surface area contributed by atoms with Crippen molar-refractivity contribution in [3.63, 3.8) is 0 Å². The summed E-state index contributed by atoms with van der Waals surface area (Å²) in [7, 11) is 0. The number of halogens is 3. The lowest BCUT2D eigenvalue weighted by Crippen LogP contribution is -2.36. The number of nitrogens with zero attached hydrogens (tertiary/aromatic N) is 2. The van der Waals surface area contributed by atoms with Crippen molar-refractivity contribution in [2.24, 2.45) is 0 Å². The molecule has 20 heavy (non-hydrogen) atoms. The molecule has 0 aromatic heterocycles. The molecule has 0 unspecified atom stereocenters. The number of hydrogen-bond donors (Lipinski definition) is 0. The number of carbonyl (C=O) groups is 1. The molecule has 0 bridgehead atoms. The van der Waals surface area contributed by atoms with Crippen LogP contribution in [0.5, 0.6) is 0 Å². The average molecular weight is 411 g/mol. The smallest absolute Gasteiger partial charge is 0.254 e. The van der Waals surface area contributed by atoms with Crippen LogP contribution in [0.3, 0.4) is 0 Å². The van der Waals surface area contributed by atoms with E-state index in [-0.39, 0.29) is 11.7 Å². The van der Waals surface area contributed by atoms with E-state index >= 15 is 0 Å². The number of rotatable bonds is 3. The largest absolute Gasteiger partial charge is 0.337 e. The first kappa shape index (κ1) is 16.0. The van der Waals surface area contributed by atoms with Crippen molar-refractivity contribution in [3.8, 4) is 0 Å². The maximum Gasteiger partial charge on any atom is 0.254 e. The molecule has 0 atom stereocenters.